The fourth-order valence-electron chi connectivity index (χ4n) is 3.30. The van der Waals surface area contributed by atoms with Crippen LogP contribution in [0.5, 0.6) is 0 Å². The molecule has 0 radical (unpaired) electrons. The van der Waals surface area contributed by atoms with Gasteiger partial charge in [0.25, 0.3) is 0 Å². The lowest BCUT2D eigenvalue weighted by molar-refractivity contribution is -0.143. The van der Waals surface area contributed by atoms with Crippen molar-refractivity contribution in [2.75, 3.05) is 0 Å². The largest absolute Gasteiger partial charge is 0.462 e. The molecular formula is C10H14O2. The van der Waals surface area contributed by atoms with E-state index in [-0.39, 0.29) is 11.9 Å². The topological polar surface area (TPSA) is 26.3 Å². The van der Waals surface area contributed by atoms with E-state index < -0.39 is 0 Å². The monoisotopic (exact) mass is 166 g/mol. The molecule has 0 spiro atoms. The highest BCUT2D eigenvalue weighted by molar-refractivity contribution is 5.75. The molecule has 66 valence electrons. The number of carbonyl (C=O) groups is 1. The van der Waals surface area contributed by atoms with Crippen LogP contribution >= 0.6 is 0 Å². The molecule has 0 aromatic carbocycles. The summed E-state index contributed by atoms with van der Waals surface area (Å²) in [5.74, 6) is 1.78. The molecule has 1 heterocycles. The summed E-state index contributed by atoms with van der Waals surface area (Å²) in [6, 6.07) is 0. The van der Waals surface area contributed by atoms with Crippen molar-refractivity contribution in [2.24, 2.45) is 17.8 Å². The van der Waals surface area contributed by atoms with Gasteiger partial charge in [-0.25, -0.2) is 0 Å². The average Bonchev–Trinajstić information content (AvgIpc) is 2.37. The molecule has 0 aromatic heterocycles. The van der Waals surface area contributed by atoms with Gasteiger partial charge in [0.2, 0.25) is 0 Å². The number of carbonyl (C=O) groups excluding carboxylic acids is 1. The highest BCUT2D eigenvalue weighted by Gasteiger charge is 2.50. The fourth-order valence-corrected chi connectivity index (χ4v) is 3.30. The van der Waals surface area contributed by atoms with Gasteiger partial charge in [0.1, 0.15) is 6.10 Å². The molecule has 2 heteroatoms. The van der Waals surface area contributed by atoms with E-state index in [1.165, 1.54) is 19.3 Å². The number of fused-ring (bicyclic) bond motifs is 2. The first-order chi connectivity index (χ1) is 5.84. The van der Waals surface area contributed by atoms with Crippen LogP contribution in [-0.2, 0) is 9.53 Å². The van der Waals surface area contributed by atoms with Crippen LogP contribution in [0.1, 0.15) is 32.1 Å². The average molecular weight is 166 g/mol. The number of esters is 1. The summed E-state index contributed by atoms with van der Waals surface area (Å²) >= 11 is 0. The van der Waals surface area contributed by atoms with Gasteiger partial charge in [-0.2, -0.15) is 0 Å². The molecule has 0 N–H and O–H groups in total. The maximum absolute atomic E-state index is 11.4. The van der Waals surface area contributed by atoms with Crippen LogP contribution in [0.25, 0.3) is 0 Å². The normalized spacial score (nSPS) is 50.5. The van der Waals surface area contributed by atoms with Crippen LogP contribution in [0.3, 0.4) is 0 Å². The summed E-state index contributed by atoms with van der Waals surface area (Å²) in [7, 11) is 0. The second-order valence-electron chi connectivity index (χ2n) is 4.51. The molecule has 4 aliphatic rings. The Kier molecular flexibility index (Phi) is 1.29. The van der Waals surface area contributed by atoms with Crippen molar-refractivity contribution < 1.29 is 9.53 Å². The van der Waals surface area contributed by atoms with E-state index >= 15 is 0 Å². The van der Waals surface area contributed by atoms with Crippen LogP contribution in [-0.4, -0.2) is 12.1 Å². The van der Waals surface area contributed by atoms with E-state index in [2.05, 4.69) is 0 Å². The minimum absolute atomic E-state index is 0.106. The summed E-state index contributed by atoms with van der Waals surface area (Å²) in [5.41, 5.74) is 0. The standard InChI is InChI=1S/C10H14O2/c11-10-8-4-6-2-1-3-7(8)9(5-6)12-10/h6-9H,1-5H2. The maximum atomic E-state index is 11.4. The van der Waals surface area contributed by atoms with Crippen LogP contribution in [0.2, 0.25) is 0 Å². The van der Waals surface area contributed by atoms with E-state index in [1.807, 2.05) is 0 Å². The number of ether oxygens (including phenoxy) is 1. The number of hydrogen-bond donors (Lipinski definition) is 0. The fraction of sp³-hybridized carbons (Fsp3) is 0.900. The van der Waals surface area contributed by atoms with E-state index in [4.69, 9.17) is 4.74 Å². The Labute approximate surface area is 72.3 Å². The van der Waals surface area contributed by atoms with Gasteiger partial charge in [-0.3, -0.25) is 4.79 Å². The number of rotatable bonds is 0. The van der Waals surface area contributed by atoms with Crippen molar-refractivity contribution in [3.05, 3.63) is 0 Å². The molecule has 1 saturated heterocycles. The summed E-state index contributed by atoms with van der Waals surface area (Å²) < 4.78 is 5.36. The van der Waals surface area contributed by atoms with Gasteiger partial charge in [0, 0.05) is 5.92 Å². The Morgan fingerprint density at radius 1 is 1.25 bits per heavy atom. The Balaban J connectivity index is 1.97. The van der Waals surface area contributed by atoms with Crippen molar-refractivity contribution in [3.8, 4) is 0 Å². The third-order valence-corrected chi connectivity index (χ3v) is 3.87. The van der Waals surface area contributed by atoms with Crippen molar-refractivity contribution in [2.45, 2.75) is 38.2 Å². The molecule has 4 bridgehead atoms. The smallest absolute Gasteiger partial charge is 0.309 e. The highest BCUT2D eigenvalue weighted by Crippen LogP contribution is 2.48. The summed E-state index contributed by atoms with van der Waals surface area (Å²) in [4.78, 5) is 11.4. The van der Waals surface area contributed by atoms with Crippen LogP contribution < -0.4 is 0 Å². The quantitative estimate of drug-likeness (QED) is 0.512. The lowest BCUT2D eigenvalue weighted by atomic mass is 9.76. The van der Waals surface area contributed by atoms with Gasteiger partial charge in [0.15, 0.2) is 0 Å². The molecule has 2 nitrogen and oxygen atoms in total. The minimum atomic E-state index is 0.106. The predicted octanol–water partition coefficient (Wildman–Crippen LogP) is 1.74. The molecule has 4 rings (SSSR count). The zero-order chi connectivity index (χ0) is 8.13. The van der Waals surface area contributed by atoms with E-state index in [0.717, 1.165) is 18.8 Å². The first kappa shape index (κ1) is 6.93. The lowest BCUT2D eigenvalue weighted by Crippen LogP contribution is -2.27. The molecule has 12 heavy (non-hydrogen) atoms. The third-order valence-electron chi connectivity index (χ3n) is 3.87. The van der Waals surface area contributed by atoms with E-state index in [1.54, 1.807) is 0 Å². The molecule has 3 aliphatic carbocycles. The Bertz CT molecular complexity index is 224. The van der Waals surface area contributed by atoms with Gasteiger partial charge >= 0.3 is 5.97 Å². The van der Waals surface area contributed by atoms with E-state index in [0.29, 0.717) is 12.0 Å². The Morgan fingerprint density at radius 3 is 3.00 bits per heavy atom. The highest BCUT2D eigenvalue weighted by atomic mass is 16.6. The Hall–Kier alpha value is -0.530. The van der Waals surface area contributed by atoms with Crippen LogP contribution in [0, 0.1) is 17.8 Å². The molecular weight excluding hydrogens is 152 g/mol. The van der Waals surface area contributed by atoms with Gasteiger partial charge in [-0.1, -0.05) is 12.8 Å². The van der Waals surface area contributed by atoms with Gasteiger partial charge in [-0.05, 0) is 25.2 Å². The molecule has 0 amide bonds. The van der Waals surface area contributed by atoms with Crippen molar-refractivity contribution >= 4 is 5.97 Å². The lowest BCUT2D eigenvalue weighted by Gasteiger charge is -2.26. The third kappa shape index (κ3) is 0.782. The zero-order valence-corrected chi connectivity index (χ0v) is 7.16. The molecule has 3 saturated carbocycles. The van der Waals surface area contributed by atoms with Crippen LogP contribution in [0.15, 0.2) is 0 Å². The Morgan fingerprint density at radius 2 is 2.17 bits per heavy atom. The van der Waals surface area contributed by atoms with Crippen molar-refractivity contribution in [1.82, 2.24) is 0 Å². The van der Waals surface area contributed by atoms with Crippen LogP contribution in [0.4, 0.5) is 0 Å². The maximum Gasteiger partial charge on any atom is 0.309 e. The molecule has 4 fully saturated rings. The van der Waals surface area contributed by atoms with Crippen molar-refractivity contribution in [1.29, 1.82) is 0 Å². The van der Waals surface area contributed by atoms with Gasteiger partial charge < -0.3 is 4.74 Å². The molecule has 4 unspecified atom stereocenters. The summed E-state index contributed by atoms with van der Waals surface area (Å²) in [6.07, 6.45) is 6.48. The second-order valence-corrected chi connectivity index (χ2v) is 4.51. The number of hydrogen-bond acceptors (Lipinski definition) is 2. The first-order valence-electron chi connectivity index (χ1n) is 5.05. The SMILES string of the molecule is O=C1OC2CC3CCCC2C1C3. The van der Waals surface area contributed by atoms with E-state index in [9.17, 15) is 4.79 Å². The zero-order valence-electron chi connectivity index (χ0n) is 7.16. The first-order valence-corrected chi connectivity index (χ1v) is 5.05. The second kappa shape index (κ2) is 2.24. The summed E-state index contributed by atoms with van der Waals surface area (Å²) in [5, 5.41) is 0. The van der Waals surface area contributed by atoms with Gasteiger partial charge in [-0.15, -0.1) is 0 Å². The van der Waals surface area contributed by atoms with Gasteiger partial charge in [0.05, 0.1) is 5.92 Å². The summed E-state index contributed by atoms with van der Waals surface area (Å²) in [6.45, 7) is 0. The molecule has 4 atom stereocenters. The predicted molar refractivity (Wildman–Crippen MR) is 43.4 cm³/mol. The van der Waals surface area contributed by atoms with Crippen molar-refractivity contribution in [3.63, 3.8) is 0 Å². The molecule has 0 aromatic rings. The minimum Gasteiger partial charge on any atom is -0.462 e. The molecule has 1 aliphatic heterocycles.